The van der Waals surface area contributed by atoms with Gasteiger partial charge in [-0.15, -0.1) is 0 Å². The van der Waals surface area contributed by atoms with E-state index in [0.29, 0.717) is 18.3 Å². The van der Waals surface area contributed by atoms with E-state index in [4.69, 9.17) is 4.98 Å². The second-order valence-electron chi connectivity index (χ2n) is 8.18. The van der Waals surface area contributed by atoms with Crippen molar-refractivity contribution in [1.82, 2.24) is 20.2 Å². The Hall–Kier alpha value is -2.54. The molecule has 0 radical (unpaired) electrons. The Morgan fingerprint density at radius 1 is 1.31 bits per heavy atom. The highest BCUT2D eigenvalue weighted by atomic mass is 19.1. The molecule has 1 fully saturated rings. The van der Waals surface area contributed by atoms with Crippen LogP contribution in [-0.2, 0) is 16.8 Å². The average Bonchev–Trinajstić information content (AvgIpc) is 2.73. The summed E-state index contributed by atoms with van der Waals surface area (Å²) in [6, 6.07) is 8.08. The number of piperidine rings is 1. The van der Waals surface area contributed by atoms with Crippen LogP contribution in [0.15, 0.2) is 30.3 Å². The number of rotatable bonds is 6. The summed E-state index contributed by atoms with van der Waals surface area (Å²) in [6.45, 7) is 5.97. The molecule has 0 bridgehead atoms. The van der Waals surface area contributed by atoms with Crippen LogP contribution in [0.1, 0.15) is 49.7 Å². The monoisotopic (exact) mass is 399 g/mol. The Balaban J connectivity index is 1.79. The van der Waals surface area contributed by atoms with Gasteiger partial charge in [0.2, 0.25) is 5.91 Å². The zero-order valence-corrected chi connectivity index (χ0v) is 17.6. The van der Waals surface area contributed by atoms with Crippen LogP contribution in [-0.4, -0.2) is 48.0 Å². The van der Waals surface area contributed by atoms with Crippen molar-refractivity contribution in [2.75, 3.05) is 32.5 Å². The van der Waals surface area contributed by atoms with Gasteiger partial charge < -0.3 is 15.5 Å². The SMILES string of the molecule is CNc1cc([C@H]2CCCNC2)nc(CN(C)C(=O)C(C)(C)c2ccc(F)cc2)n1. The van der Waals surface area contributed by atoms with E-state index >= 15 is 0 Å². The van der Waals surface area contributed by atoms with E-state index in [0.717, 1.165) is 43.0 Å². The summed E-state index contributed by atoms with van der Waals surface area (Å²) in [7, 11) is 3.59. The minimum absolute atomic E-state index is 0.0662. The molecule has 2 heterocycles. The third-order valence-electron chi connectivity index (χ3n) is 5.59. The molecule has 1 amide bonds. The molecule has 1 atom stereocenters. The molecule has 6 nitrogen and oxygen atoms in total. The lowest BCUT2D eigenvalue weighted by Gasteiger charge is -2.30. The fourth-order valence-corrected chi connectivity index (χ4v) is 3.78. The highest BCUT2D eigenvalue weighted by Gasteiger charge is 2.33. The summed E-state index contributed by atoms with van der Waals surface area (Å²) in [6.07, 6.45) is 2.22. The predicted molar refractivity (Wildman–Crippen MR) is 112 cm³/mol. The zero-order chi connectivity index (χ0) is 21.0. The zero-order valence-electron chi connectivity index (χ0n) is 17.6. The summed E-state index contributed by atoms with van der Waals surface area (Å²) < 4.78 is 13.3. The maximum Gasteiger partial charge on any atom is 0.232 e. The normalized spacial score (nSPS) is 17.1. The topological polar surface area (TPSA) is 70.2 Å². The van der Waals surface area contributed by atoms with Gasteiger partial charge in [0.15, 0.2) is 0 Å². The highest BCUT2D eigenvalue weighted by Crippen LogP contribution is 2.27. The largest absolute Gasteiger partial charge is 0.373 e. The molecule has 1 aromatic carbocycles. The van der Waals surface area contributed by atoms with Gasteiger partial charge in [-0.05, 0) is 50.9 Å². The van der Waals surface area contributed by atoms with Crippen LogP contribution in [0.5, 0.6) is 0 Å². The Morgan fingerprint density at radius 3 is 2.66 bits per heavy atom. The lowest BCUT2D eigenvalue weighted by molar-refractivity contribution is -0.135. The standard InChI is InChI=1S/C22H30FN5O/c1-22(2,16-7-9-17(23)10-8-16)21(29)28(4)14-20-26-18(12-19(24-3)27-20)15-6-5-11-25-13-15/h7-10,12,15,25H,5-6,11,13-14H2,1-4H3,(H,24,26,27)/t15-/m0/s1. The number of nitrogens with zero attached hydrogens (tertiary/aromatic N) is 3. The van der Waals surface area contributed by atoms with E-state index in [-0.39, 0.29) is 11.7 Å². The number of likely N-dealkylation sites (N-methyl/N-ethyl adjacent to an activating group) is 1. The number of halogens is 1. The number of anilines is 1. The second-order valence-corrected chi connectivity index (χ2v) is 8.18. The third-order valence-corrected chi connectivity index (χ3v) is 5.59. The molecule has 2 aromatic rings. The van der Waals surface area contributed by atoms with Gasteiger partial charge in [-0.2, -0.15) is 0 Å². The van der Waals surface area contributed by atoms with Gasteiger partial charge in [-0.25, -0.2) is 14.4 Å². The molecule has 1 aromatic heterocycles. The van der Waals surface area contributed by atoms with E-state index in [1.807, 2.05) is 27.0 Å². The van der Waals surface area contributed by atoms with Gasteiger partial charge in [0, 0.05) is 32.6 Å². The van der Waals surface area contributed by atoms with Crippen molar-refractivity contribution in [1.29, 1.82) is 0 Å². The number of benzene rings is 1. The first-order valence-corrected chi connectivity index (χ1v) is 10.1. The van der Waals surface area contributed by atoms with Crippen molar-refractivity contribution in [3.8, 4) is 0 Å². The number of hydrogen-bond acceptors (Lipinski definition) is 5. The fraction of sp³-hybridized carbons (Fsp3) is 0.500. The van der Waals surface area contributed by atoms with Crippen LogP contribution in [0, 0.1) is 5.82 Å². The van der Waals surface area contributed by atoms with Crippen LogP contribution in [0.25, 0.3) is 0 Å². The summed E-state index contributed by atoms with van der Waals surface area (Å²) in [4.78, 5) is 24.1. The molecule has 0 aliphatic carbocycles. The minimum Gasteiger partial charge on any atom is -0.373 e. The fourth-order valence-electron chi connectivity index (χ4n) is 3.78. The quantitative estimate of drug-likeness (QED) is 0.781. The van der Waals surface area contributed by atoms with Crippen LogP contribution in [0.2, 0.25) is 0 Å². The summed E-state index contributed by atoms with van der Waals surface area (Å²) in [5, 5.41) is 6.52. The van der Waals surface area contributed by atoms with Gasteiger partial charge in [-0.3, -0.25) is 4.79 Å². The molecule has 2 N–H and O–H groups in total. The van der Waals surface area contributed by atoms with Crippen LogP contribution < -0.4 is 10.6 Å². The molecule has 3 rings (SSSR count). The number of amides is 1. The van der Waals surface area contributed by atoms with Crippen LogP contribution in [0.4, 0.5) is 10.2 Å². The third kappa shape index (κ3) is 4.90. The molecule has 1 saturated heterocycles. The van der Waals surface area contributed by atoms with Gasteiger partial charge in [0.25, 0.3) is 0 Å². The molecule has 1 aliphatic heterocycles. The lowest BCUT2D eigenvalue weighted by atomic mass is 9.83. The average molecular weight is 400 g/mol. The predicted octanol–water partition coefficient (Wildman–Crippen LogP) is 3.06. The van der Waals surface area contributed by atoms with Crippen molar-refractivity contribution in [3.63, 3.8) is 0 Å². The Bertz CT molecular complexity index is 847. The number of carbonyl (C=O) groups excluding carboxylic acids is 1. The van der Waals surface area contributed by atoms with Crippen molar-refractivity contribution >= 4 is 11.7 Å². The Kier molecular flexibility index (Phi) is 6.47. The number of nitrogens with one attached hydrogen (secondary N) is 2. The Morgan fingerprint density at radius 2 is 2.03 bits per heavy atom. The van der Waals surface area contributed by atoms with E-state index in [1.165, 1.54) is 12.1 Å². The molecule has 29 heavy (non-hydrogen) atoms. The van der Waals surface area contributed by atoms with E-state index < -0.39 is 5.41 Å². The van der Waals surface area contributed by atoms with Gasteiger partial charge in [0.05, 0.1) is 17.7 Å². The molecule has 1 aliphatic rings. The van der Waals surface area contributed by atoms with Crippen molar-refractivity contribution in [2.24, 2.45) is 0 Å². The molecular weight excluding hydrogens is 369 g/mol. The number of aromatic nitrogens is 2. The van der Waals surface area contributed by atoms with E-state index in [1.54, 1.807) is 24.1 Å². The second kappa shape index (κ2) is 8.86. The van der Waals surface area contributed by atoms with Crippen molar-refractivity contribution < 1.29 is 9.18 Å². The van der Waals surface area contributed by atoms with Crippen LogP contribution >= 0.6 is 0 Å². The first-order valence-electron chi connectivity index (χ1n) is 10.1. The van der Waals surface area contributed by atoms with Gasteiger partial charge in [0.1, 0.15) is 17.5 Å². The maximum atomic E-state index is 13.3. The molecular formula is C22H30FN5O. The van der Waals surface area contributed by atoms with E-state index in [9.17, 15) is 9.18 Å². The molecule has 7 heteroatoms. The van der Waals surface area contributed by atoms with Gasteiger partial charge >= 0.3 is 0 Å². The number of hydrogen-bond donors (Lipinski definition) is 2. The smallest absolute Gasteiger partial charge is 0.232 e. The Labute approximate surface area is 171 Å². The van der Waals surface area contributed by atoms with Crippen LogP contribution in [0.3, 0.4) is 0 Å². The van der Waals surface area contributed by atoms with Crippen molar-refractivity contribution in [3.05, 3.63) is 53.2 Å². The summed E-state index contributed by atoms with van der Waals surface area (Å²) in [5.41, 5.74) is 0.999. The lowest BCUT2D eigenvalue weighted by Crippen LogP contribution is -2.41. The first-order chi connectivity index (χ1) is 13.8. The first kappa shape index (κ1) is 21.2. The molecule has 0 unspecified atom stereocenters. The minimum atomic E-state index is -0.779. The van der Waals surface area contributed by atoms with E-state index in [2.05, 4.69) is 15.6 Å². The van der Waals surface area contributed by atoms with Crippen molar-refractivity contribution in [2.45, 2.75) is 44.6 Å². The molecule has 0 saturated carbocycles. The molecule has 0 spiro atoms. The van der Waals surface area contributed by atoms with Gasteiger partial charge in [-0.1, -0.05) is 12.1 Å². The summed E-state index contributed by atoms with van der Waals surface area (Å²) >= 11 is 0. The highest BCUT2D eigenvalue weighted by molar-refractivity contribution is 5.87. The summed E-state index contributed by atoms with van der Waals surface area (Å²) in [5.74, 6) is 1.35. The maximum absolute atomic E-state index is 13.3. The molecule has 156 valence electrons. The number of carbonyl (C=O) groups is 1.